The van der Waals surface area contributed by atoms with Crippen molar-refractivity contribution in [2.45, 2.75) is 18.8 Å². The molecule has 3 rings (SSSR count). The van der Waals surface area contributed by atoms with Gasteiger partial charge in [-0.2, -0.15) is 5.10 Å². The van der Waals surface area contributed by atoms with Crippen molar-refractivity contribution >= 4 is 0 Å². The van der Waals surface area contributed by atoms with Gasteiger partial charge in [0, 0.05) is 18.8 Å². The molecule has 0 fully saturated rings. The maximum absolute atomic E-state index is 5.83. The summed E-state index contributed by atoms with van der Waals surface area (Å²) in [7, 11) is 1.99. The number of nitrogens with two attached hydrogens (primary N) is 1. The highest BCUT2D eigenvalue weighted by atomic mass is 15.3. The number of hydrogen-bond acceptors (Lipinski definition) is 2. The van der Waals surface area contributed by atoms with Gasteiger partial charge >= 0.3 is 0 Å². The first kappa shape index (κ1) is 10.5. The van der Waals surface area contributed by atoms with Crippen LogP contribution in [-0.4, -0.2) is 16.3 Å². The van der Waals surface area contributed by atoms with Gasteiger partial charge in [0.1, 0.15) is 0 Å². The Labute approximate surface area is 101 Å². The third-order valence-corrected chi connectivity index (χ3v) is 3.78. The second kappa shape index (κ2) is 4.00. The van der Waals surface area contributed by atoms with Gasteiger partial charge in [-0.15, -0.1) is 0 Å². The molecule has 1 aromatic carbocycles. The summed E-state index contributed by atoms with van der Waals surface area (Å²) in [6.07, 6.45) is 4.17. The average molecular weight is 227 g/mol. The Morgan fingerprint density at radius 1 is 1.41 bits per heavy atom. The van der Waals surface area contributed by atoms with E-state index in [1.807, 2.05) is 17.9 Å². The molecule has 1 aromatic heterocycles. The lowest BCUT2D eigenvalue weighted by Crippen LogP contribution is -2.09. The van der Waals surface area contributed by atoms with Crippen molar-refractivity contribution in [2.75, 3.05) is 6.54 Å². The maximum atomic E-state index is 5.83. The third-order valence-electron chi connectivity index (χ3n) is 3.78. The molecule has 2 N–H and O–H groups in total. The molecule has 1 heterocycles. The first-order valence-corrected chi connectivity index (χ1v) is 6.11. The number of fused-ring (bicyclic) bond motifs is 1. The summed E-state index contributed by atoms with van der Waals surface area (Å²) in [4.78, 5) is 0. The fourth-order valence-corrected chi connectivity index (χ4v) is 2.86. The minimum Gasteiger partial charge on any atom is -0.330 e. The molecule has 1 aliphatic carbocycles. The van der Waals surface area contributed by atoms with Gasteiger partial charge < -0.3 is 5.73 Å². The molecule has 3 nitrogen and oxygen atoms in total. The fraction of sp³-hybridized carbons (Fsp3) is 0.357. The predicted molar refractivity (Wildman–Crippen MR) is 68.8 cm³/mol. The Hall–Kier alpha value is -1.61. The zero-order valence-electron chi connectivity index (χ0n) is 10.1. The van der Waals surface area contributed by atoms with E-state index in [0.717, 1.165) is 13.0 Å². The minimum atomic E-state index is 0.540. The van der Waals surface area contributed by atoms with Crippen molar-refractivity contribution in [1.82, 2.24) is 9.78 Å². The summed E-state index contributed by atoms with van der Waals surface area (Å²) in [6.45, 7) is 0.752. The average Bonchev–Trinajstić information content (AvgIpc) is 2.94. The molecular formula is C14H17N3. The molecule has 1 aliphatic rings. The van der Waals surface area contributed by atoms with Gasteiger partial charge in [0.05, 0.1) is 5.69 Å². The van der Waals surface area contributed by atoms with Gasteiger partial charge in [-0.25, -0.2) is 0 Å². The summed E-state index contributed by atoms with van der Waals surface area (Å²) in [5.41, 5.74) is 11.2. The number of rotatable bonds is 2. The normalized spacial score (nSPS) is 18.4. The first-order valence-electron chi connectivity index (χ1n) is 6.11. The third kappa shape index (κ3) is 1.58. The van der Waals surface area contributed by atoms with Crippen LogP contribution in [-0.2, 0) is 13.5 Å². The van der Waals surface area contributed by atoms with Gasteiger partial charge in [0.2, 0.25) is 0 Å². The Morgan fingerprint density at radius 3 is 3.00 bits per heavy atom. The molecule has 0 bridgehead atoms. The summed E-state index contributed by atoms with van der Waals surface area (Å²) in [5, 5.41) is 4.25. The quantitative estimate of drug-likeness (QED) is 0.853. The highest BCUT2D eigenvalue weighted by Crippen LogP contribution is 2.38. The molecule has 0 radical (unpaired) electrons. The van der Waals surface area contributed by atoms with E-state index in [-0.39, 0.29) is 0 Å². The number of aryl methyl sites for hydroxylation is 1. The van der Waals surface area contributed by atoms with Crippen molar-refractivity contribution in [2.24, 2.45) is 12.8 Å². The Kier molecular flexibility index (Phi) is 2.48. The van der Waals surface area contributed by atoms with Crippen LogP contribution in [0.25, 0.3) is 11.3 Å². The van der Waals surface area contributed by atoms with Crippen LogP contribution in [0.3, 0.4) is 0 Å². The molecule has 2 aromatic rings. The molecule has 0 saturated heterocycles. The lowest BCUT2D eigenvalue weighted by atomic mass is 9.97. The molecule has 0 spiro atoms. The van der Waals surface area contributed by atoms with Crippen LogP contribution in [0.15, 0.2) is 30.5 Å². The SMILES string of the molecule is Cn1nccc1-c1cccc2c1CCC2CN. The molecule has 0 amide bonds. The monoisotopic (exact) mass is 227 g/mol. The zero-order chi connectivity index (χ0) is 11.8. The molecule has 88 valence electrons. The van der Waals surface area contributed by atoms with E-state index >= 15 is 0 Å². The van der Waals surface area contributed by atoms with E-state index in [0.29, 0.717) is 5.92 Å². The van der Waals surface area contributed by atoms with Crippen molar-refractivity contribution in [1.29, 1.82) is 0 Å². The predicted octanol–water partition coefficient (Wildman–Crippen LogP) is 2.08. The lowest BCUT2D eigenvalue weighted by Gasteiger charge is -2.11. The molecule has 0 saturated carbocycles. The van der Waals surface area contributed by atoms with Crippen molar-refractivity contribution in [3.8, 4) is 11.3 Å². The number of nitrogens with zero attached hydrogens (tertiary/aromatic N) is 2. The Balaban J connectivity index is 2.15. The minimum absolute atomic E-state index is 0.540. The summed E-state index contributed by atoms with van der Waals surface area (Å²) in [6, 6.07) is 8.62. The van der Waals surface area contributed by atoms with Crippen LogP contribution in [0.5, 0.6) is 0 Å². The number of hydrogen-bond donors (Lipinski definition) is 1. The standard InChI is InChI=1S/C14H17N3/c1-17-14(7-8-16-17)13-4-2-3-11-10(9-15)5-6-12(11)13/h2-4,7-8,10H,5-6,9,15H2,1H3. The smallest absolute Gasteiger partial charge is 0.0681 e. The summed E-state index contributed by atoms with van der Waals surface area (Å²) >= 11 is 0. The number of benzene rings is 1. The topological polar surface area (TPSA) is 43.8 Å². The van der Waals surface area contributed by atoms with Gasteiger partial charge in [0.15, 0.2) is 0 Å². The Bertz CT molecular complexity index is 542. The molecule has 1 unspecified atom stereocenters. The molecule has 1 atom stereocenters. The van der Waals surface area contributed by atoms with Crippen LogP contribution < -0.4 is 5.73 Å². The largest absolute Gasteiger partial charge is 0.330 e. The maximum Gasteiger partial charge on any atom is 0.0681 e. The van der Waals surface area contributed by atoms with Crippen LogP contribution >= 0.6 is 0 Å². The first-order chi connectivity index (χ1) is 8.31. The van der Waals surface area contributed by atoms with E-state index in [2.05, 4.69) is 29.4 Å². The van der Waals surface area contributed by atoms with Gasteiger partial charge in [-0.3, -0.25) is 4.68 Å². The number of aromatic nitrogens is 2. The second-order valence-corrected chi connectivity index (χ2v) is 4.68. The van der Waals surface area contributed by atoms with E-state index in [9.17, 15) is 0 Å². The fourth-order valence-electron chi connectivity index (χ4n) is 2.86. The molecule has 0 aliphatic heterocycles. The van der Waals surface area contributed by atoms with E-state index in [1.165, 1.54) is 28.8 Å². The van der Waals surface area contributed by atoms with Crippen LogP contribution in [0, 0.1) is 0 Å². The lowest BCUT2D eigenvalue weighted by molar-refractivity contribution is 0.688. The van der Waals surface area contributed by atoms with Gasteiger partial charge in [-0.05, 0) is 42.5 Å². The molecule has 3 heteroatoms. The highest BCUT2D eigenvalue weighted by molar-refractivity contribution is 5.67. The summed E-state index contributed by atoms with van der Waals surface area (Å²) in [5.74, 6) is 0.540. The van der Waals surface area contributed by atoms with Crippen molar-refractivity contribution < 1.29 is 0 Å². The van der Waals surface area contributed by atoms with E-state index < -0.39 is 0 Å². The Morgan fingerprint density at radius 2 is 2.29 bits per heavy atom. The van der Waals surface area contributed by atoms with Crippen molar-refractivity contribution in [3.05, 3.63) is 41.6 Å². The summed E-state index contributed by atoms with van der Waals surface area (Å²) < 4.78 is 1.94. The zero-order valence-corrected chi connectivity index (χ0v) is 10.1. The molecular weight excluding hydrogens is 210 g/mol. The van der Waals surface area contributed by atoms with Crippen molar-refractivity contribution in [3.63, 3.8) is 0 Å². The second-order valence-electron chi connectivity index (χ2n) is 4.68. The van der Waals surface area contributed by atoms with Gasteiger partial charge in [-0.1, -0.05) is 18.2 Å². The van der Waals surface area contributed by atoms with Gasteiger partial charge in [0.25, 0.3) is 0 Å². The van der Waals surface area contributed by atoms with Crippen LogP contribution in [0.1, 0.15) is 23.5 Å². The van der Waals surface area contributed by atoms with E-state index in [1.54, 1.807) is 0 Å². The molecule has 17 heavy (non-hydrogen) atoms. The van der Waals surface area contributed by atoms with Crippen LogP contribution in [0.4, 0.5) is 0 Å². The van der Waals surface area contributed by atoms with Crippen LogP contribution in [0.2, 0.25) is 0 Å². The highest BCUT2D eigenvalue weighted by Gasteiger charge is 2.24. The van der Waals surface area contributed by atoms with E-state index in [4.69, 9.17) is 5.73 Å².